The molecular weight excluding hydrogens is 693 g/mol. The van der Waals surface area contributed by atoms with Crippen molar-refractivity contribution in [3.63, 3.8) is 0 Å². The molecule has 6 aromatic carbocycles. The van der Waals surface area contributed by atoms with Crippen LogP contribution in [0.1, 0.15) is 60.1 Å². The highest BCUT2D eigenvalue weighted by Crippen LogP contribution is 2.54. The van der Waals surface area contributed by atoms with Crippen LogP contribution in [0.2, 0.25) is 0 Å². The SMILES string of the molecule is CCC1(CC)c2cc(-c3ccc(/C=C/c4ccc(S(C)(=O)=O)cc4)cc3)ccc2-c2ccc(-c3ccc(/C=C/c4ccc(S(C)(=O)=O)cc4)cc3)cc21. The lowest BCUT2D eigenvalue weighted by molar-refractivity contribution is 0.491. The first-order valence-electron chi connectivity index (χ1n) is 17.8. The minimum Gasteiger partial charge on any atom is -0.224 e. The van der Waals surface area contributed by atoms with Crippen LogP contribution < -0.4 is 0 Å². The third kappa shape index (κ3) is 7.35. The Bertz CT molecular complexity index is 2390. The molecule has 1 aliphatic rings. The lowest BCUT2D eigenvalue weighted by atomic mass is 9.73. The fourth-order valence-corrected chi connectivity index (χ4v) is 8.74. The van der Waals surface area contributed by atoms with Crippen molar-refractivity contribution in [1.29, 1.82) is 0 Å². The zero-order valence-corrected chi connectivity index (χ0v) is 32.0. The van der Waals surface area contributed by atoms with Crippen LogP contribution in [0, 0.1) is 0 Å². The molecule has 7 rings (SSSR count). The summed E-state index contributed by atoms with van der Waals surface area (Å²) >= 11 is 0. The number of benzene rings is 6. The van der Waals surface area contributed by atoms with Gasteiger partial charge in [0.15, 0.2) is 19.7 Å². The Morgan fingerprint density at radius 1 is 0.415 bits per heavy atom. The first kappa shape index (κ1) is 36.1. The Hall–Kier alpha value is -5.30. The van der Waals surface area contributed by atoms with E-state index in [9.17, 15) is 16.8 Å². The molecule has 0 aliphatic heterocycles. The maximum Gasteiger partial charge on any atom is 0.175 e. The lowest BCUT2D eigenvalue weighted by Crippen LogP contribution is -2.23. The van der Waals surface area contributed by atoms with Gasteiger partial charge in [0.05, 0.1) is 9.79 Å². The number of fused-ring (bicyclic) bond motifs is 3. The average molecular weight is 735 g/mol. The molecule has 0 fully saturated rings. The number of hydrogen-bond donors (Lipinski definition) is 0. The maximum absolute atomic E-state index is 11.8. The van der Waals surface area contributed by atoms with E-state index in [1.807, 2.05) is 48.6 Å². The molecule has 0 heterocycles. The average Bonchev–Trinajstić information content (AvgIpc) is 3.45. The van der Waals surface area contributed by atoms with Gasteiger partial charge in [-0.15, -0.1) is 0 Å². The summed E-state index contributed by atoms with van der Waals surface area (Å²) in [6.45, 7) is 4.60. The Morgan fingerprint density at radius 2 is 0.698 bits per heavy atom. The van der Waals surface area contributed by atoms with Crippen LogP contribution >= 0.6 is 0 Å². The molecule has 0 radical (unpaired) electrons. The van der Waals surface area contributed by atoms with Crippen molar-refractivity contribution in [3.05, 3.63) is 167 Å². The van der Waals surface area contributed by atoms with Gasteiger partial charge in [-0.25, -0.2) is 16.8 Å². The first-order chi connectivity index (χ1) is 25.4. The van der Waals surface area contributed by atoms with Gasteiger partial charge in [0.25, 0.3) is 0 Å². The van der Waals surface area contributed by atoms with Gasteiger partial charge in [0.1, 0.15) is 0 Å². The summed E-state index contributed by atoms with van der Waals surface area (Å²) in [5.41, 5.74) is 14.1. The molecule has 1 aliphatic carbocycles. The van der Waals surface area contributed by atoms with Crippen LogP contribution in [-0.4, -0.2) is 29.3 Å². The van der Waals surface area contributed by atoms with E-state index in [2.05, 4.69) is 98.8 Å². The van der Waals surface area contributed by atoms with E-state index in [-0.39, 0.29) is 5.41 Å². The second kappa shape index (κ2) is 14.3. The Labute approximate surface area is 314 Å². The second-order valence-electron chi connectivity index (χ2n) is 13.9. The summed E-state index contributed by atoms with van der Waals surface area (Å²) in [4.78, 5) is 0.643. The fraction of sp³-hybridized carbons (Fsp3) is 0.149. The highest BCUT2D eigenvalue weighted by Gasteiger charge is 2.40. The molecule has 0 amide bonds. The standard InChI is InChI=1S/C47H42O4S2/c1-5-47(6-2)45-31-39(37-19-11-33(12-20-37)7-9-35-15-25-41(26-16-35)52(3,48)49)23-29-43(45)44-30-24-40(32-46(44)47)38-21-13-34(14-22-38)8-10-36-17-27-42(28-18-36)53(4,50)51/h7-32H,5-6H2,1-4H3/b9-7+,10-8+. The molecule has 0 N–H and O–H groups in total. The van der Waals surface area contributed by atoms with E-state index in [0.717, 1.165) is 35.1 Å². The van der Waals surface area contributed by atoms with Gasteiger partial charge in [-0.05, 0) is 116 Å². The van der Waals surface area contributed by atoms with E-state index in [4.69, 9.17) is 0 Å². The van der Waals surface area contributed by atoms with Gasteiger partial charge in [-0.1, -0.05) is 135 Å². The summed E-state index contributed by atoms with van der Waals surface area (Å²) in [6.07, 6.45) is 12.5. The van der Waals surface area contributed by atoms with Crippen molar-refractivity contribution in [2.75, 3.05) is 12.5 Å². The number of hydrogen-bond acceptors (Lipinski definition) is 4. The molecule has 53 heavy (non-hydrogen) atoms. The second-order valence-corrected chi connectivity index (χ2v) is 17.9. The predicted octanol–water partition coefficient (Wildman–Crippen LogP) is 11.3. The van der Waals surface area contributed by atoms with Crippen LogP contribution in [0.5, 0.6) is 0 Å². The molecule has 0 atom stereocenters. The van der Waals surface area contributed by atoms with Crippen LogP contribution in [0.25, 0.3) is 57.7 Å². The normalized spacial score (nSPS) is 13.7. The van der Waals surface area contributed by atoms with Crippen LogP contribution in [0.4, 0.5) is 0 Å². The Kier molecular flexibility index (Phi) is 9.71. The summed E-state index contributed by atoms with van der Waals surface area (Å²) in [7, 11) is -6.42. The largest absolute Gasteiger partial charge is 0.224 e. The predicted molar refractivity (Wildman–Crippen MR) is 221 cm³/mol. The molecule has 0 bridgehead atoms. The summed E-state index contributed by atoms with van der Waals surface area (Å²) in [5, 5.41) is 0. The molecule has 266 valence electrons. The molecule has 0 spiro atoms. The van der Waals surface area contributed by atoms with Crippen molar-refractivity contribution in [2.45, 2.75) is 41.9 Å². The van der Waals surface area contributed by atoms with Crippen molar-refractivity contribution in [1.82, 2.24) is 0 Å². The van der Waals surface area contributed by atoms with Crippen LogP contribution in [0.3, 0.4) is 0 Å². The number of rotatable bonds is 10. The fourth-order valence-electron chi connectivity index (χ4n) is 7.48. The molecule has 6 aromatic rings. The number of sulfone groups is 2. The van der Waals surface area contributed by atoms with Crippen molar-refractivity contribution in [3.8, 4) is 33.4 Å². The van der Waals surface area contributed by atoms with Crippen molar-refractivity contribution < 1.29 is 16.8 Å². The van der Waals surface area contributed by atoms with E-state index >= 15 is 0 Å². The van der Waals surface area contributed by atoms with E-state index < -0.39 is 19.7 Å². The zero-order chi connectivity index (χ0) is 37.4. The zero-order valence-electron chi connectivity index (χ0n) is 30.4. The van der Waals surface area contributed by atoms with Crippen LogP contribution in [0.15, 0.2) is 143 Å². The maximum atomic E-state index is 11.8. The summed E-state index contributed by atoms with van der Waals surface area (Å²) < 4.78 is 47.1. The molecular formula is C47H42O4S2. The third-order valence-electron chi connectivity index (χ3n) is 10.6. The molecule has 0 aromatic heterocycles. The topological polar surface area (TPSA) is 68.3 Å². The Morgan fingerprint density at radius 3 is 0.981 bits per heavy atom. The van der Waals surface area contributed by atoms with Crippen LogP contribution in [-0.2, 0) is 25.1 Å². The van der Waals surface area contributed by atoms with Gasteiger partial charge < -0.3 is 0 Å². The highest BCUT2D eigenvalue weighted by molar-refractivity contribution is 7.91. The lowest BCUT2D eigenvalue weighted by Gasteiger charge is -2.30. The Balaban J connectivity index is 1.11. The minimum atomic E-state index is -3.21. The van der Waals surface area contributed by atoms with Crippen molar-refractivity contribution in [2.24, 2.45) is 0 Å². The first-order valence-corrected chi connectivity index (χ1v) is 21.6. The summed E-state index contributed by atoms with van der Waals surface area (Å²) in [6, 6.07) is 44.9. The van der Waals surface area contributed by atoms with E-state index in [1.165, 1.54) is 57.0 Å². The van der Waals surface area contributed by atoms with E-state index in [1.54, 1.807) is 24.3 Å². The van der Waals surface area contributed by atoms with Crippen molar-refractivity contribution >= 4 is 44.0 Å². The molecule has 0 saturated heterocycles. The minimum absolute atomic E-state index is 0.0820. The molecule has 6 heteroatoms. The van der Waals surface area contributed by atoms with Gasteiger partial charge >= 0.3 is 0 Å². The van der Waals surface area contributed by atoms with Gasteiger partial charge in [-0.3, -0.25) is 0 Å². The smallest absolute Gasteiger partial charge is 0.175 e. The van der Waals surface area contributed by atoms with Gasteiger partial charge in [0.2, 0.25) is 0 Å². The third-order valence-corrected chi connectivity index (χ3v) is 12.9. The van der Waals surface area contributed by atoms with E-state index in [0.29, 0.717) is 9.79 Å². The molecule has 4 nitrogen and oxygen atoms in total. The molecule has 0 unspecified atom stereocenters. The van der Waals surface area contributed by atoms with Gasteiger partial charge in [0, 0.05) is 17.9 Å². The van der Waals surface area contributed by atoms with Gasteiger partial charge in [-0.2, -0.15) is 0 Å². The highest BCUT2D eigenvalue weighted by atomic mass is 32.2. The molecule has 0 saturated carbocycles. The quantitative estimate of drug-likeness (QED) is 0.131. The summed E-state index contributed by atoms with van der Waals surface area (Å²) in [5.74, 6) is 0. The monoisotopic (exact) mass is 734 g/mol.